The third kappa shape index (κ3) is 5.98. The summed E-state index contributed by atoms with van der Waals surface area (Å²) in [7, 11) is 0. The van der Waals surface area contributed by atoms with Gasteiger partial charge in [-0.3, -0.25) is 0 Å². The second kappa shape index (κ2) is 10.0. The molecule has 1 heterocycles. The van der Waals surface area contributed by atoms with Crippen LogP contribution >= 0.6 is 0 Å². The molecule has 3 rings (SSSR count). The minimum Gasteiger partial charge on any atom is -0.388 e. The molecule has 0 aliphatic carbocycles. The van der Waals surface area contributed by atoms with Crippen LogP contribution in [-0.2, 0) is 6.54 Å². The molecule has 0 saturated heterocycles. The number of halogens is 4. The maximum atomic E-state index is 14.0. The summed E-state index contributed by atoms with van der Waals surface area (Å²) < 4.78 is 54.1. The highest BCUT2D eigenvalue weighted by Gasteiger charge is 2.24. The molecule has 3 N–H and O–H groups in total. The quantitative estimate of drug-likeness (QED) is 0.340. The van der Waals surface area contributed by atoms with Gasteiger partial charge in [-0.15, -0.1) is 0 Å². The summed E-state index contributed by atoms with van der Waals surface area (Å²) >= 11 is 0. The molecule has 0 spiro atoms. The fraction of sp³-hybridized carbons (Fsp3) is 0.261. The van der Waals surface area contributed by atoms with E-state index in [-0.39, 0.29) is 23.0 Å². The zero-order valence-corrected chi connectivity index (χ0v) is 18.6. The first-order valence-electron chi connectivity index (χ1n) is 10.2. The summed E-state index contributed by atoms with van der Waals surface area (Å²) in [6.45, 7) is 4.47. The van der Waals surface area contributed by atoms with Crippen molar-refractivity contribution in [2.75, 3.05) is 10.2 Å². The van der Waals surface area contributed by atoms with Crippen molar-refractivity contribution in [1.82, 2.24) is 15.3 Å². The lowest BCUT2D eigenvalue weighted by molar-refractivity contribution is 0.0646. The largest absolute Gasteiger partial charge is 0.388 e. The number of urea groups is 1. The van der Waals surface area contributed by atoms with Crippen LogP contribution in [0.2, 0.25) is 0 Å². The maximum Gasteiger partial charge on any atom is 0.327 e. The summed E-state index contributed by atoms with van der Waals surface area (Å²) in [6, 6.07) is 6.16. The van der Waals surface area contributed by atoms with E-state index in [1.54, 1.807) is 20.8 Å². The van der Waals surface area contributed by atoms with Gasteiger partial charge in [0, 0.05) is 30.4 Å². The van der Waals surface area contributed by atoms with E-state index in [0.29, 0.717) is 12.1 Å². The van der Waals surface area contributed by atoms with Gasteiger partial charge in [0.1, 0.15) is 17.5 Å². The number of nitrogens with one attached hydrogen (secondary N) is 2. The first-order chi connectivity index (χ1) is 16.0. The Labute approximate surface area is 193 Å². The van der Waals surface area contributed by atoms with Crippen molar-refractivity contribution in [3.8, 4) is 0 Å². The third-order valence-electron chi connectivity index (χ3n) is 5.08. The molecule has 0 saturated carbocycles. The molecule has 0 bridgehead atoms. The van der Waals surface area contributed by atoms with Crippen LogP contribution in [0.5, 0.6) is 0 Å². The minimum absolute atomic E-state index is 0.0790. The lowest BCUT2D eigenvalue weighted by Crippen LogP contribution is -2.40. The lowest BCUT2D eigenvalue weighted by atomic mass is 10.0. The van der Waals surface area contributed by atoms with Gasteiger partial charge < -0.3 is 15.7 Å². The van der Waals surface area contributed by atoms with E-state index in [2.05, 4.69) is 20.6 Å². The summed E-state index contributed by atoms with van der Waals surface area (Å²) in [6.07, 6.45) is 1.38. The highest BCUT2D eigenvalue weighted by molar-refractivity contribution is 5.98. The number of hydrogen-bond acceptors (Lipinski definition) is 5. The molecule has 2 aromatic carbocycles. The van der Waals surface area contributed by atoms with Crippen LogP contribution in [0.3, 0.4) is 0 Å². The number of hydrogen-bond donors (Lipinski definition) is 3. The Kier molecular flexibility index (Phi) is 7.35. The van der Waals surface area contributed by atoms with Gasteiger partial charge in [0.2, 0.25) is 5.95 Å². The number of carbonyl (C=O) groups is 1. The molecular weight excluding hydrogens is 454 g/mol. The summed E-state index contributed by atoms with van der Waals surface area (Å²) in [5.41, 5.74) is -1.14. The zero-order valence-electron chi connectivity index (χ0n) is 18.6. The number of amides is 2. The monoisotopic (exact) mass is 477 g/mol. The maximum absolute atomic E-state index is 14.0. The van der Waals surface area contributed by atoms with Crippen molar-refractivity contribution in [3.05, 3.63) is 77.5 Å². The van der Waals surface area contributed by atoms with Crippen LogP contribution < -0.4 is 15.5 Å². The molecule has 1 atom stereocenters. The Morgan fingerprint density at radius 2 is 1.71 bits per heavy atom. The molecule has 2 amide bonds. The van der Waals surface area contributed by atoms with Gasteiger partial charge >= 0.3 is 6.03 Å². The highest BCUT2D eigenvalue weighted by Crippen LogP contribution is 2.25. The standard InChI is InChI=1S/C23H23F4N5O2/c1-13(23(2,3)34)30-21-28-9-8-20(31-21)32(16-6-4-15(24)5-7-16)22(33)29-12-14-10-18(26)19(27)11-17(14)25/h4-11,13,34H,12H2,1-3H3,(H,29,33)(H,28,30,31)/t13-/m0/s1. The van der Waals surface area contributed by atoms with Gasteiger partial charge in [-0.25, -0.2) is 32.2 Å². The number of aromatic nitrogens is 2. The zero-order chi connectivity index (χ0) is 25.0. The molecule has 0 radical (unpaired) electrons. The molecule has 0 aliphatic rings. The van der Waals surface area contributed by atoms with Gasteiger partial charge in [-0.05, 0) is 51.1 Å². The van der Waals surface area contributed by atoms with Gasteiger partial charge in [-0.2, -0.15) is 4.98 Å². The summed E-state index contributed by atoms with van der Waals surface area (Å²) in [4.78, 5) is 22.5. The van der Waals surface area contributed by atoms with Crippen LogP contribution in [0.15, 0.2) is 48.7 Å². The van der Waals surface area contributed by atoms with E-state index in [4.69, 9.17) is 0 Å². The molecule has 7 nitrogen and oxygen atoms in total. The molecule has 180 valence electrons. The molecule has 0 fully saturated rings. The number of rotatable bonds is 7. The third-order valence-corrected chi connectivity index (χ3v) is 5.08. The number of benzene rings is 2. The molecule has 3 aromatic rings. The number of aliphatic hydroxyl groups is 1. The van der Waals surface area contributed by atoms with Crippen molar-refractivity contribution < 1.29 is 27.5 Å². The number of anilines is 3. The molecular formula is C23H23F4N5O2. The Balaban J connectivity index is 1.90. The molecule has 11 heteroatoms. The molecule has 0 aliphatic heterocycles. The van der Waals surface area contributed by atoms with Crippen LogP contribution in [0.25, 0.3) is 0 Å². The first-order valence-corrected chi connectivity index (χ1v) is 10.2. The van der Waals surface area contributed by atoms with Crippen molar-refractivity contribution in [2.45, 2.75) is 39.0 Å². The summed E-state index contributed by atoms with van der Waals surface area (Å²) in [5.74, 6) is -3.97. The van der Waals surface area contributed by atoms with Crippen molar-refractivity contribution in [1.29, 1.82) is 0 Å². The SMILES string of the molecule is C[C@H](Nc1nccc(N(C(=O)NCc2cc(F)c(F)cc2F)c2ccc(F)cc2)n1)C(C)(C)O. The van der Waals surface area contributed by atoms with Gasteiger partial charge in [-0.1, -0.05) is 0 Å². The smallest absolute Gasteiger partial charge is 0.327 e. The van der Waals surface area contributed by atoms with Crippen LogP contribution in [0.4, 0.5) is 39.8 Å². The predicted octanol–water partition coefficient (Wildman–Crippen LogP) is 4.65. The van der Waals surface area contributed by atoms with E-state index in [0.717, 1.165) is 17.0 Å². The molecule has 0 unspecified atom stereocenters. The predicted molar refractivity (Wildman–Crippen MR) is 119 cm³/mol. The molecule has 1 aromatic heterocycles. The fourth-order valence-corrected chi connectivity index (χ4v) is 2.81. The van der Waals surface area contributed by atoms with Gasteiger partial charge in [0.15, 0.2) is 11.6 Å². The van der Waals surface area contributed by atoms with E-state index < -0.39 is 47.5 Å². The Hall–Kier alpha value is -3.73. The van der Waals surface area contributed by atoms with Crippen LogP contribution in [0.1, 0.15) is 26.3 Å². The Morgan fingerprint density at radius 1 is 1.06 bits per heavy atom. The van der Waals surface area contributed by atoms with Crippen LogP contribution in [-0.4, -0.2) is 32.7 Å². The average molecular weight is 477 g/mol. The minimum atomic E-state index is -1.35. The fourth-order valence-electron chi connectivity index (χ4n) is 2.81. The average Bonchev–Trinajstić information content (AvgIpc) is 2.76. The van der Waals surface area contributed by atoms with Crippen molar-refractivity contribution in [2.24, 2.45) is 0 Å². The van der Waals surface area contributed by atoms with E-state index in [1.165, 1.54) is 24.4 Å². The lowest BCUT2D eigenvalue weighted by Gasteiger charge is -2.27. The second-order valence-electron chi connectivity index (χ2n) is 8.09. The number of nitrogens with zero attached hydrogens (tertiary/aromatic N) is 3. The molecule has 34 heavy (non-hydrogen) atoms. The highest BCUT2D eigenvalue weighted by atomic mass is 19.2. The van der Waals surface area contributed by atoms with Crippen molar-refractivity contribution >= 4 is 23.5 Å². The Morgan fingerprint density at radius 3 is 2.35 bits per heavy atom. The van der Waals surface area contributed by atoms with E-state index in [1.807, 2.05) is 0 Å². The number of carbonyl (C=O) groups excluding carboxylic acids is 1. The Bertz CT molecular complexity index is 1170. The topological polar surface area (TPSA) is 90.4 Å². The van der Waals surface area contributed by atoms with Gasteiger partial charge in [0.05, 0.1) is 17.3 Å². The normalized spacial score (nSPS) is 12.2. The summed E-state index contributed by atoms with van der Waals surface area (Å²) in [5, 5.41) is 15.5. The van der Waals surface area contributed by atoms with Crippen LogP contribution in [0, 0.1) is 23.3 Å². The van der Waals surface area contributed by atoms with E-state index in [9.17, 15) is 27.5 Å². The second-order valence-corrected chi connectivity index (χ2v) is 8.09. The van der Waals surface area contributed by atoms with E-state index >= 15 is 0 Å². The van der Waals surface area contributed by atoms with Crippen molar-refractivity contribution in [3.63, 3.8) is 0 Å². The first kappa shape index (κ1) is 24.9. The van der Waals surface area contributed by atoms with Gasteiger partial charge in [0.25, 0.3) is 0 Å².